The molecule has 0 radical (unpaired) electrons. The number of amides is 1. The van der Waals surface area contributed by atoms with Crippen LogP contribution in [0, 0.1) is 0 Å². The molecule has 0 atom stereocenters. The molecule has 0 aliphatic rings. The van der Waals surface area contributed by atoms with Gasteiger partial charge in [-0.1, -0.05) is 5.21 Å². The van der Waals surface area contributed by atoms with Crippen LogP contribution in [-0.4, -0.2) is 55.2 Å². The number of hydrogen-bond acceptors (Lipinski definition) is 7. The molecule has 31 heavy (non-hydrogen) atoms. The molecule has 1 N–H and O–H groups in total. The van der Waals surface area contributed by atoms with E-state index in [0.717, 1.165) is 5.56 Å². The van der Waals surface area contributed by atoms with E-state index < -0.39 is 0 Å². The highest BCUT2D eigenvalue weighted by molar-refractivity contribution is 6.19. The summed E-state index contributed by atoms with van der Waals surface area (Å²) >= 11 is 5.67. The highest BCUT2D eigenvalue weighted by atomic mass is 35.5. The van der Waals surface area contributed by atoms with Crippen molar-refractivity contribution >= 4 is 23.2 Å². The van der Waals surface area contributed by atoms with E-state index in [0.29, 0.717) is 40.1 Å². The van der Waals surface area contributed by atoms with Crippen LogP contribution in [0.1, 0.15) is 6.42 Å². The van der Waals surface area contributed by atoms with E-state index in [4.69, 9.17) is 30.5 Å². The maximum Gasteiger partial charge on any atom is 0.225 e. The zero-order valence-electron chi connectivity index (χ0n) is 17.6. The summed E-state index contributed by atoms with van der Waals surface area (Å²) < 4.78 is 23.3. The van der Waals surface area contributed by atoms with Gasteiger partial charge in [0.15, 0.2) is 11.5 Å². The topological polar surface area (TPSA) is 96.7 Å². The van der Waals surface area contributed by atoms with Gasteiger partial charge in [0.05, 0.1) is 51.7 Å². The van der Waals surface area contributed by atoms with Crippen molar-refractivity contribution in [2.75, 3.05) is 39.6 Å². The predicted octanol–water partition coefficient (Wildman–Crippen LogP) is 3.54. The third kappa shape index (κ3) is 4.66. The number of alkyl halides is 1. The van der Waals surface area contributed by atoms with Crippen molar-refractivity contribution in [3.05, 3.63) is 36.5 Å². The smallest absolute Gasteiger partial charge is 0.225 e. The number of nitrogens with one attached hydrogen (secondary N) is 1. The summed E-state index contributed by atoms with van der Waals surface area (Å²) in [7, 11) is 6.16. The van der Waals surface area contributed by atoms with Crippen molar-refractivity contribution in [3.63, 3.8) is 0 Å². The predicted molar refractivity (Wildman–Crippen MR) is 117 cm³/mol. The van der Waals surface area contributed by atoms with Crippen molar-refractivity contribution < 1.29 is 23.7 Å². The van der Waals surface area contributed by atoms with E-state index in [1.807, 2.05) is 6.07 Å². The van der Waals surface area contributed by atoms with Gasteiger partial charge in [0, 0.05) is 30.0 Å². The first kappa shape index (κ1) is 22.2. The Kier molecular flexibility index (Phi) is 7.19. The number of methoxy groups -OCH3 is 4. The minimum atomic E-state index is -0.207. The molecule has 0 saturated heterocycles. The number of ether oxygens (including phenoxy) is 4. The van der Waals surface area contributed by atoms with Crippen molar-refractivity contribution in [3.8, 4) is 39.9 Å². The molecule has 0 fully saturated rings. The van der Waals surface area contributed by atoms with Gasteiger partial charge in [-0.15, -0.1) is 16.7 Å². The molecule has 3 aromatic rings. The Bertz CT molecular complexity index is 1040. The molecule has 0 bridgehead atoms. The monoisotopic (exact) mass is 446 g/mol. The lowest BCUT2D eigenvalue weighted by molar-refractivity contribution is -0.115. The first-order valence-electron chi connectivity index (χ1n) is 9.31. The molecule has 10 heteroatoms. The molecule has 0 spiro atoms. The molecule has 1 heterocycles. The highest BCUT2D eigenvalue weighted by Gasteiger charge is 2.18. The van der Waals surface area contributed by atoms with Gasteiger partial charge in [-0.2, -0.15) is 0 Å². The largest absolute Gasteiger partial charge is 0.495 e. The molecule has 1 amide bonds. The summed E-state index contributed by atoms with van der Waals surface area (Å²) in [6.45, 7) is 0. The van der Waals surface area contributed by atoms with E-state index in [1.54, 1.807) is 56.5 Å². The SMILES string of the molecule is COc1ccc(-c2cnnn2-c2cc(OC)c(OC)c(OC)c2)cc1NC(=O)CCCl. The summed E-state index contributed by atoms with van der Waals surface area (Å²) in [5, 5.41) is 11.1. The normalized spacial score (nSPS) is 10.5. The van der Waals surface area contributed by atoms with E-state index in [9.17, 15) is 4.79 Å². The fourth-order valence-corrected chi connectivity index (χ4v) is 3.25. The van der Waals surface area contributed by atoms with Crippen LogP contribution in [0.3, 0.4) is 0 Å². The number of aromatic nitrogens is 3. The van der Waals surface area contributed by atoms with Gasteiger partial charge in [-0.25, -0.2) is 4.68 Å². The number of benzene rings is 2. The second kappa shape index (κ2) is 10.0. The van der Waals surface area contributed by atoms with Crippen LogP contribution in [0.2, 0.25) is 0 Å². The maximum atomic E-state index is 12.0. The number of halogens is 1. The number of nitrogens with zero attached hydrogens (tertiary/aromatic N) is 3. The number of hydrogen-bond donors (Lipinski definition) is 1. The van der Waals surface area contributed by atoms with E-state index in [2.05, 4.69) is 15.6 Å². The third-order valence-electron chi connectivity index (χ3n) is 4.53. The van der Waals surface area contributed by atoms with Gasteiger partial charge in [0.25, 0.3) is 0 Å². The number of rotatable bonds is 9. The van der Waals surface area contributed by atoms with Gasteiger partial charge < -0.3 is 24.3 Å². The molecule has 2 aromatic carbocycles. The molecule has 0 saturated carbocycles. The van der Waals surface area contributed by atoms with Crippen LogP contribution in [0.25, 0.3) is 16.9 Å². The number of carbonyl (C=O) groups excluding carboxylic acids is 1. The van der Waals surface area contributed by atoms with Gasteiger partial charge >= 0.3 is 0 Å². The molecule has 3 rings (SSSR count). The Labute approximate surface area is 184 Å². The minimum absolute atomic E-state index is 0.194. The Balaban J connectivity index is 2.07. The van der Waals surface area contributed by atoms with E-state index in [1.165, 1.54) is 7.11 Å². The zero-order valence-corrected chi connectivity index (χ0v) is 18.4. The van der Waals surface area contributed by atoms with E-state index >= 15 is 0 Å². The van der Waals surface area contributed by atoms with Gasteiger partial charge in [-0.3, -0.25) is 4.79 Å². The maximum absolute atomic E-state index is 12.0. The Morgan fingerprint density at radius 1 is 1.00 bits per heavy atom. The van der Waals surface area contributed by atoms with Crippen LogP contribution in [-0.2, 0) is 4.79 Å². The van der Waals surface area contributed by atoms with Crippen molar-refractivity contribution in [2.24, 2.45) is 0 Å². The van der Waals surface area contributed by atoms with Crippen molar-refractivity contribution in [1.82, 2.24) is 15.0 Å². The van der Waals surface area contributed by atoms with Gasteiger partial charge in [0.2, 0.25) is 11.7 Å². The van der Waals surface area contributed by atoms with E-state index in [-0.39, 0.29) is 18.2 Å². The molecule has 0 aliphatic carbocycles. The van der Waals surface area contributed by atoms with Crippen LogP contribution in [0.5, 0.6) is 23.0 Å². The van der Waals surface area contributed by atoms with Crippen LogP contribution < -0.4 is 24.3 Å². The third-order valence-corrected chi connectivity index (χ3v) is 4.72. The Hall–Kier alpha value is -3.46. The molecule has 1 aromatic heterocycles. The average Bonchev–Trinajstić information content (AvgIpc) is 3.28. The second-order valence-electron chi connectivity index (χ2n) is 6.32. The number of carbonyl (C=O) groups is 1. The lowest BCUT2D eigenvalue weighted by Gasteiger charge is -2.15. The van der Waals surface area contributed by atoms with Gasteiger partial charge in [0.1, 0.15) is 5.75 Å². The Morgan fingerprint density at radius 2 is 1.68 bits per heavy atom. The summed E-state index contributed by atoms with van der Waals surface area (Å²) in [6, 6.07) is 8.94. The van der Waals surface area contributed by atoms with Crippen molar-refractivity contribution in [2.45, 2.75) is 6.42 Å². The fourth-order valence-electron chi connectivity index (χ4n) is 3.08. The number of anilines is 1. The van der Waals surface area contributed by atoms with Crippen LogP contribution in [0.15, 0.2) is 36.5 Å². The van der Waals surface area contributed by atoms with Gasteiger partial charge in [-0.05, 0) is 18.2 Å². The average molecular weight is 447 g/mol. The van der Waals surface area contributed by atoms with Crippen molar-refractivity contribution in [1.29, 1.82) is 0 Å². The summed E-state index contributed by atoms with van der Waals surface area (Å²) in [4.78, 5) is 12.0. The molecule has 164 valence electrons. The molecular formula is C21H23ClN4O5. The van der Waals surface area contributed by atoms with Crippen LogP contribution in [0.4, 0.5) is 5.69 Å². The fraction of sp³-hybridized carbons (Fsp3) is 0.286. The molecular weight excluding hydrogens is 424 g/mol. The first-order valence-corrected chi connectivity index (χ1v) is 9.85. The summed E-state index contributed by atoms with van der Waals surface area (Å²) in [6.07, 6.45) is 1.81. The molecule has 0 unspecified atom stereocenters. The lowest BCUT2D eigenvalue weighted by Crippen LogP contribution is -2.12. The Morgan fingerprint density at radius 3 is 2.26 bits per heavy atom. The van der Waals surface area contributed by atoms with Crippen LogP contribution >= 0.6 is 11.6 Å². The first-order chi connectivity index (χ1) is 15.1. The summed E-state index contributed by atoms with van der Waals surface area (Å²) in [5.74, 6) is 2.00. The second-order valence-corrected chi connectivity index (χ2v) is 6.69. The minimum Gasteiger partial charge on any atom is -0.495 e. The zero-order chi connectivity index (χ0) is 22.4. The highest BCUT2D eigenvalue weighted by Crippen LogP contribution is 2.40. The quantitative estimate of drug-likeness (QED) is 0.502. The molecule has 9 nitrogen and oxygen atoms in total. The summed E-state index contributed by atoms with van der Waals surface area (Å²) in [5.41, 5.74) is 2.63. The standard InChI is InChI=1S/C21H23ClN4O5/c1-28-17-6-5-13(9-15(17)24-20(27)7-8-22)16-12-23-25-26(16)14-10-18(29-2)21(31-4)19(11-14)30-3/h5-6,9-12H,7-8H2,1-4H3,(H,24,27). The lowest BCUT2D eigenvalue weighted by atomic mass is 10.1. The molecule has 0 aliphatic heterocycles.